The number of carbonyl (C=O) groups excluding carboxylic acids is 1. The van der Waals surface area contributed by atoms with Crippen molar-refractivity contribution in [2.45, 2.75) is 52.6 Å². The van der Waals surface area contributed by atoms with Crippen LogP contribution in [0.3, 0.4) is 0 Å². The van der Waals surface area contributed by atoms with E-state index in [1.54, 1.807) is 24.7 Å². The number of pyridine rings is 1. The van der Waals surface area contributed by atoms with Crippen molar-refractivity contribution in [1.29, 1.82) is 0 Å². The molecular formula is C39H43N9O2. The van der Waals surface area contributed by atoms with E-state index in [2.05, 4.69) is 42.7 Å². The molecule has 0 spiro atoms. The molecule has 0 bridgehead atoms. The van der Waals surface area contributed by atoms with Gasteiger partial charge in [-0.05, 0) is 80.6 Å². The van der Waals surface area contributed by atoms with Crippen molar-refractivity contribution in [1.82, 2.24) is 20.3 Å². The van der Waals surface area contributed by atoms with Crippen molar-refractivity contribution in [2.24, 2.45) is 10.7 Å². The van der Waals surface area contributed by atoms with Gasteiger partial charge < -0.3 is 26.0 Å². The van der Waals surface area contributed by atoms with E-state index in [0.717, 1.165) is 65.8 Å². The number of nitrogens with zero attached hydrogens (tertiary/aromatic N) is 5. The van der Waals surface area contributed by atoms with E-state index in [4.69, 9.17) is 15.5 Å². The van der Waals surface area contributed by atoms with Crippen molar-refractivity contribution in [3.63, 3.8) is 0 Å². The standard InChI is InChI=1S/C39H43N9O2/c1-3-4-9-29(40)23-36(43-30-14-12-27(2)13-15-30)47-39(49)44-33-16-17-34(32-11-6-5-10-31(32)33)50-26-28-18-19-42-35(22-28)45-37-24-41-25-38(46-37)48-20-7-8-21-48/h5-6,10-19,22-25H,3-4,7-9,20-21,26,40H2,1-2H3,(H,42,45,46)(H2,43,44,47,49). The number of hydrogen-bond acceptors (Lipinski definition) is 9. The molecule has 0 atom stereocenters. The zero-order valence-electron chi connectivity index (χ0n) is 28.5. The van der Waals surface area contributed by atoms with Crippen LogP contribution in [-0.2, 0) is 6.61 Å². The SMILES string of the molecule is CCCCC(N)=CC(=Nc1ccc(C)cc1)NC(=O)Nc1ccc(OCc2ccnc(Nc3cncc(N4CCCC4)n3)c2)c2ccccc12. The first-order chi connectivity index (χ1) is 24.4. The van der Waals surface area contributed by atoms with Crippen LogP contribution >= 0.6 is 0 Å². The Kier molecular flexibility index (Phi) is 11.1. The average Bonchev–Trinajstić information content (AvgIpc) is 3.67. The summed E-state index contributed by atoms with van der Waals surface area (Å²) in [6, 6.07) is 22.7. The van der Waals surface area contributed by atoms with Crippen LogP contribution in [0.15, 0.2) is 108 Å². The molecule has 5 aromatic rings. The summed E-state index contributed by atoms with van der Waals surface area (Å²) in [6.45, 7) is 6.44. The fourth-order valence-electron chi connectivity index (χ4n) is 5.70. The zero-order valence-corrected chi connectivity index (χ0v) is 28.5. The van der Waals surface area contributed by atoms with Gasteiger partial charge in [0, 0.05) is 35.8 Å². The van der Waals surface area contributed by atoms with Crippen LogP contribution in [0.1, 0.15) is 50.2 Å². The van der Waals surface area contributed by atoms with Crippen molar-refractivity contribution in [3.8, 4) is 5.75 Å². The van der Waals surface area contributed by atoms with E-state index >= 15 is 0 Å². The first kappa shape index (κ1) is 33.9. The molecule has 0 unspecified atom stereocenters. The molecule has 11 nitrogen and oxygen atoms in total. The lowest BCUT2D eigenvalue weighted by Gasteiger charge is -2.16. The Labute approximate surface area is 292 Å². The van der Waals surface area contributed by atoms with Gasteiger partial charge in [-0.15, -0.1) is 0 Å². The molecule has 1 aliphatic rings. The highest BCUT2D eigenvalue weighted by Crippen LogP contribution is 2.32. The molecule has 0 radical (unpaired) electrons. The monoisotopic (exact) mass is 669 g/mol. The number of unbranched alkanes of at least 4 members (excludes halogenated alkanes) is 1. The van der Waals surface area contributed by atoms with E-state index in [1.807, 2.05) is 79.7 Å². The van der Waals surface area contributed by atoms with Gasteiger partial charge in [-0.2, -0.15) is 0 Å². The number of fused-ring (bicyclic) bond motifs is 1. The minimum absolute atomic E-state index is 0.318. The van der Waals surface area contributed by atoms with E-state index in [0.29, 0.717) is 41.2 Å². The van der Waals surface area contributed by atoms with Gasteiger partial charge >= 0.3 is 6.03 Å². The predicted molar refractivity (Wildman–Crippen MR) is 202 cm³/mol. The number of amidine groups is 1. The van der Waals surface area contributed by atoms with Gasteiger partial charge in [0.1, 0.15) is 29.8 Å². The van der Waals surface area contributed by atoms with Gasteiger partial charge in [-0.1, -0.05) is 55.3 Å². The van der Waals surface area contributed by atoms with Crippen LogP contribution in [0.4, 0.5) is 33.6 Å². The third kappa shape index (κ3) is 9.13. The molecule has 50 heavy (non-hydrogen) atoms. The molecule has 2 amide bonds. The quantitative estimate of drug-likeness (QED) is 0.0770. The van der Waals surface area contributed by atoms with Crippen molar-refractivity contribution >= 4 is 51.5 Å². The molecule has 0 aliphatic carbocycles. The highest BCUT2D eigenvalue weighted by atomic mass is 16.5. The maximum atomic E-state index is 13.3. The summed E-state index contributed by atoms with van der Waals surface area (Å²) < 4.78 is 6.31. The lowest BCUT2D eigenvalue weighted by Crippen LogP contribution is -2.33. The molecular weight excluding hydrogens is 626 g/mol. The zero-order chi connectivity index (χ0) is 34.7. The Balaban J connectivity index is 1.14. The topological polar surface area (TPSA) is 143 Å². The highest BCUT2D eigenvalue weighted by Gasteiger charge is 2.15. The maximum Gasteiger partial charge on any atom is 0.324 e. The largest absolute Gasteiger partial charge is 0.488 e. The third-order valence-electron chi connectivity index (χ3n) is 8.33. The van der Waals surface area contributed by atoms with Gasteiger partial charge in [0.25, 0.3) is 0 Å². The number of ether oxygens (including phenoxy) is 1. The summed E-state index contributed by atoms with van der Waals surface area (Å²) in [5.41, 5.74) is 10.3. The molecule has 3 aromatic carbocycles. The van der Waals surface area contributed by atoms with Crippen molar-refractivity contribution in [3.05, 3.63) is 114 Å². The molecule has 1 fully saturated rings. The summed E-state index contributed by atoms with van der Waals surface area (Å²) in [6.07, 6.45) is 12.0. The molecule has 2 aromatic heterocycles. The van der Waals surface area contributed by atoms with Crippen molar-refractivity contribution in [2.75, 3.05) is 28.6 Å². The van der Waals surface area contributed by atoms with E-state index in [1.165, 1.54) is 12.8 Å². The summed E-state index contributed by atoms with van der Waals surface area (Å²) in [7, 11) is 0. The number of nitrogens with two attached hydrogens (primary N) is 1. The van der Waals surface area contributed by atoms with Gasteiger partial charge in [-0.25, -0.2) is 19.8 Å². The van der Waals surface area contributed by atoms with Crippen LogP contribution in [0.2, 0.25) is 0 Å². The van der Waals surface area contributed by atoms with E-state index in [-0.39, 0.29) is 0 Å². The smallest absolute Gasteiger partial charge is 0.324 e. The third-order valence-corrected chi connectivity index (χ3v) is 8.33. The number of nitrogens with one attached hydrogen (secondary N) is 3. The summed E-state index contributed by atoms with van der Waals surface area (Å²) in [5.74, 6) is 3.22. The maximum absolute atomic E-state index is 13.3. The lowest BCUT2D eigenvalue weighted by atomic mass is 10.1. The van der Waals surface area contributed by atoms with Gasteiger partial charge in [0.2, 0.25) is 0 Å². The Hall–Kier alpha value is -5.97. The fraction of sp³-hybridized carbons (Fsp3) is 0.256. The highest BCUT2D eigenvalue weighted by molar-refractivity contribution is 6.11. The van der Waals surface area contributed by atoms with Crippen LogP contribution in [0, 0.1) is 6.92 Å². The average molecular weight is 670 g/mol. The predicted octanol–water partition coefficient (Wildman–Crippen LogP) is 8.14. The van der Waals surface area contributed by atoms with Gasteiger partial charge in [0.15, 0.2) is 5.82 Å². The number of urea groups is 1. The minimum atomic E-state index is -0.429. The molecule has 0 saturated carbocycles. The van der Waals surface area contributed by atoms with Crippen LogP contribution in [0.25, 0.3) is 10.8 Å². The first-order valence-electron chi connectivity index (χ1n) is 17.1. The first-order valence-corrected chi connectivity index (χ1v) is 17.1. The molecule has 5 N–H and O–H groups in total. The second-order valence-corrected chi connectivity index (χ2v) is 12.3. The van der Waals surface area contributed by atoms with Crippen LogP contribution < -0.4 is 31.3 Å². The number of hydrogen-bond donors (Lipinski definition) is 4. The van der Waals surface area contributed by atoms with Crippen molar-refractivity contribution < 1.29 is 9.53 Å². The Morgan fingerprint density at radius 1 is 1.00 bits per heavy atom. The number of amides is 2. The summed E-state index contributed by atoms with van der Waals surface area (Å²) >= 11 is 0. The Bertz CT molecular complexity index is 1990. The number of rotatable bonds is 12. The molecule has 1 saturated heterocycles. The minimum Gasteiger partial charge on any atom is -0.488 e. The van der Waals surface area contributed by atoms with E-state index < -0.39 is 6.03 Å². The van der Waals surface area contributed by atoms with Gasteiger partial charge in [-0.3, -0.25) is 10.3 Å². The number of anilines is 4. The summed E-state index contributed by atoms with van der Waals surface area (Å²) in [4.78, 5) is 33.8. The Morgan fingerprint density at radius 2 is 1.80 bits per heavy atom. The number of aliphatic imine (C=N–C) groups is 1. The fourth-order valence-corrected chi connectivity index (χ4v) is 5.70. The molecule has 1 aliphatic heterocycles. The number of aryl methyl sites for hydroxylation is 1. The number of carbonyl (C=O) groups is 1. The second-order valence-electron chi connectivity index (χ2n) is 12.3. The molecule has 11 heteroatoms. The molecule has 256 valence electrons. The summed E-state index contributed by atoms with van der Waals surface area (Å²) in [5, 5.41) is 10.9. The van der Waals surface area contributed by atoms with Gasteiger partial charge in [0.05, 0.1) is 23.8 Å². The van der Waals surface area contributed by atoms with E-state index in [9.17, 15) is 4.79 Å². The number of aromatic nitrogens is 3. The molecule has 3 heterocycles. The number of allylic oxidation sites excluding steroid dienone is 1. The Morgan fingerprint density at radius 3 is 2.60 bits per heavy atom. The second kappa shape index (κ2) is 16.4. The van der Waals surface area contributed by atoms with Crippen LogP contribution in [-0.4, -0.2) is 39.9 Å². The molecule has 6 rings (SSSR count). The number of benzene rings is 3. The van der Waals surface area contributed by atoms with Crippen LogP contribution in [0.5, 0.6) is 5.75 Å². The normalized spacial score (nSPS) is 13.4. The lowest BCUT2D eigenvalue weighted by molar-refractivity contribution is 0.256.